The zero-order chi connectivity index (χ0) is 14.8. The number of hydrogen-bond donors (Lipinski definition) is 0. The van der Waals surface area contributed by atoms with Gasteiger partial charge in [-0.1, -0.05) is 38.4 Å². The molecule has 21 heavy (non-hydrogen) atoms. The fraction of sp³-hybridized carbons (Fsp3) is 0.231. The normalized spacial score (nSPS) is 12.5. The summed E-state index contributed by atoms with van der Waals surface area (Å²) in [4.78, 5) is 4.35. The summed E-state index contributed by atoms with van der Waals surface area (Å²) in [6.45, 7) is 2.20. The Bertz CT molecular complexity index is 754. The molecule has 0 bridgehead atoms. The number of benzene rings is 1. The number of aromatic nitrogens is 5. The number of alkyl halides is 1. The van der Waals surface area contributed by atoms with Crippen molar-refractivity contribution < 1.29 is 4.52 Å². The summed E-state index contributed by atoms with van der Waals surface area (Å²) >= 11 is 9.36. The van der Waals surface area contributed by atoms with Gasteiger partial charge in [-0.15, -0.1) is 16.7 Å². The van der Waals surface area contributed by atoms with E-state index in [2.05, 4.69) is 36.4 Å². The summed E-state index contributed by atoms with van der Waals surface area (Å²) in [5.74, 6) is 1.00. The molecule has 0 aliphatic carbocycles. The van der Waals surface area contributed by atoms with Gasteiger partial charge in [0.25, 0.3) is 0 Å². The number of rotatable bonds is 4. The van der Waals surface area contributed by atoms with Gasteiger partial charge >= 0.3 is 0 Å². The standard InChI is InChI=1S/C13H11BrClN5O/c1-8(15)11-6-20(19-17-11)7-12-16-13(18-21-12)9-3-2-4-10(14)5-9/h2-6,8H,7H2,1H3. The van der Waals surface area contributed by atoms with E-state index in [1.165, 1.54) is 0 Å². The second-order valence-corrected chi connectivity index (χ2v) is 6.05. The topological polar surface area (TPSA) is 69.6 Å². The zero-order valence-electron chi connectivity index (χ0n) is 11.1. The Morgan fingerprint density at radius 2 is 2.29 bits per heavy atom. The van der Waals surface area contributed by atoms with Crippen molar-refractivity contribution in [2.45, 2.75) is 18.8 Å². The highest BCUT2D eigenvalue weighted by atomic mass is 79.9. The van der Waals surface area contributed by atoms with E-state index in [-0.39, 0.29) is 5.38 Å². The Morgan fingerprint density at radius 3 is 3.00 bits per heavy atom. The van der Waals surface area contributed by atoms with Gasteiger partial charge in [-0.25, -0.2) is 4.68 Å². The molecule has 0 spiro atoms. The van der Waals surface area contributed by atoms with Crippen LogP contribution >= 0.6 is 27.5 Å². The van der Waals surface area contributed by atoms with Crippen molar-refractivity contribution in [3.8, 4) is 11.4 Å². The molecular weight excluding hydrogens is 358 g/mol. The number of nitrogens with zero attached hydrogens (tertiary/aromatic N) is 5. The predicted molar refractivity (Wildman–Crippen MR) is 80.8 cm³/mol. The maximum atomic E-state index is 5.95. The lowest BCUT2D eigenvalue weighted by molar-refractivity contribution is 0.364. The molecule has 0 saturated carbocycles. The van der Waals surface area contributed by atoms with Crippen molar-refractivity contribution in [1.29, 1.82) is 0 Å². The summed E-state index contributed by atoms with van der Waals surface area (Å²) in [7, 11) is 0. The molecule has 8 heteroatoms. The van der Waals surface area contributed by atoms with Crippen molar-refractivity contribution in [3.05, 3.63) is 46.5 Å². The third kappa shape index (κ3) is 3.30. The van der Waals surface area contributed by atoms with Gasteiger partial charge in [0.05, 0.1) is 11.6 Å². The highest BCUT2D eigenvalue weighted by Gasteiger charge is 2.12. The van der Waals surface area contributed by atoms with Gasteiger partial charge < -0.3 is 4.52 Å². The molecule has 0 fully saturated rings. The fourth-order valence-electron chi connectivity index (χ4n) is 1.78. The van der Waals surface area contributed by atoms with Crippen molar-refractivity contribution in [2.75, 3.05) is 0 Å². The van der Waals surface area contributed by atoms with E-state index in [4.69, 9.17) is 16.1 Å². The van der Waals surface area contributed by atoms with Crippen LogP contribution in [0.2, 0.25) is 0 Å². The van der Waals surface area contributed by atoms with Crippen LogP contribution in [0.4, 0.5) is 0 Å². The molecule has 1 atom stereocenters. The van der Waals surface area contributed by atoms with E-state index in [1.807, 2.05) is 31.2 Å². The van der Waals surface area contributed by atoms with Crippen LogP contribution < -0.4 is 0 Å². The largest absolute Gasteiger partial charge is 0.337 e. The minimum Gasteiger partial charge on any atom is -0.337 e. The van der Waals surface area contributed by atoms with Gasteiger partial charge in [0.2, 0.25) is 11.7 Å². The summed E-state index contributed by atoms with van der Waals surface area (Å²) in [6, 6.07) is 7.70. The van der Waals surface area contributed by atoms with Crippen LogP contribution in [0.1, 0.15) is 23.9 Å². The zero-order valence-corrected chi connectivity index (χ0v) is 13.4. The van der Waals surface area contributed by atoms with E-state index >= 15 is 0 Å². The molecular formula is C13H11BrClN5O. The van der Waals surface area contributed by atoms with E-state index in [1.54, 1.807) is 10.9 Å². The van der Waals surface area contributed by atoms with Gasteiger partial charge in [-0.3, -0.25) is 0 Å². The average Bonchev–Trinajstić information content (AvgIpc) is 3.08. The highest BCUT2D eigenvalue weighted by molar-refractivity contribution is 9.10. The first-order valence-electron chi connectivity index (χ1n) is 6.24. The Labute approximate surface area is 134 Å². The minimum absolute atomic E-state index is 0.182. The van der Waals surface area contributed by atoms with Crippen LogP contribution in [0.25, 0.3) is 11.4 Å². The van der Waals surface area contributed by atoms with Crippen molar-refractivity contribution in [3.63, 3.8) is 0 Å². The highest BCUT2D eigenvalue weighted by Crippen LogP contribution is 2.20. The summed E-state index contributed by atoms with van der Waals surface area (Å²) in [6.07, 6.45) is 1.76. The molecule has 3 aromatic rings. The lowest BCUT2D eigenvalue weighted by Crippen LogP contribution is -2.00. The molecule has 2 aromatic heterocycles. The SMILES string of the molecule is CC(Cl)c1cn(Cc2nc(-c3cccc(Br)c3)no2)nn1. The number of hydrogen-bond acceptors (Lipinski definition) is 5. The van der Waals surface area contributed by atoms with E-state index in [0.717, 1.165) is 10.0 Å². The third-order valence-corrected chi connectivity index (χ3v) is 3.53. The van der Waals surface area contributed by atoms with E-state index in [0.29, 0.717) is 24.0 Å². The third-order valence-electron chi connectivity index (χ3n) is 2.81. The Morgan fingerprint density at radius 1 is 1.43 bits per heavy atom. The van der Waals surface area contributed by atoms with Crippen LogP contribution in [-0.2, 0) is 6.54 Å². The first-order valence-corrected chi connectivity index (χ1v) is 7.47. The van der Waals surface area contributed by atoms with Gasteiger partial charge in [0, 0.05) is 10.0 Å². The van der Waals surface area contributed by atoms with E-state index in [9.17, 15) is 0 Å². The molecule has 0 radical (unpaired) electrons. The van der Waals surface area contributed by atoms with Crippen LogP contribution in [0.3, 0.4) is 0 Å². The summed E-state index contributed by atoms with van der Waals surface area (Å²) in [5, 5.41) is 11.7. The predicted octanol–water partition coefficient (Wildman–Crippen LogP) is 3.44. The van der Waals surface area contributed by atoms with Crippen molar-refractivity contribution in [2.24, 2.45) is 0 Å². The van der Waals surface area contributed by atoms with Gasteiger partial charge in [-0.2, -0.15) is 4.98 Å². The lowest BCUT2D eigenvalue weighted by Gasteiger charge is -1.95. The summed E-state index contributed by atoms with van der Waals surface area (Å²) < 4.78 is 7.81. The molecule has 1 aromatic carbocycles. The van der Waals surface area contributed by atoms with Gasteiger partial charge in [0.1, 0.15) is 12.2 Å². The van der Waals surface area contributed by atoms with Crippen LogP contribution in [0.5, 0.6) is 0 Å². The Hall–Kier alpha value is -1.73. The Balaban J connectivity index is 1.78. The fourth-order valence-corrected chi connectivity index (χ4v) is 2.27. The number of halogens is 2. The average molecular weight is 369 g/mol. The molecule has 0 saturated heterocycles. The summed E-state index contributed by atoms with van der Waals surface area (Å²) in [5.41, 5.74) is 1.59. The first kappa shape index (κ1) is 14.2. The van der Waals surface area contributed by atoms with Crippen LogP contribution in [0, 0.1) is 0 Å². The molecule has 3 rings (SSSR count). The van der Waals surface area contributed by atoms with Crippen molar-refractivity contribution in [1.82, 2.24) is 25.1 Å². The van der Waals surface area contributed by atoms with Crippen LogP contribution in [0.15, 0.2) is 39.5 Å². The second-order valence-electron chi connectivity index (χ2n) is 4.48. The van der Waals surface area contributed by atoms with E-state index < -0.39 is 0 Å². The smallest absolute Gasteiger partial charge is 0.248 e. The molecule has 0 aliphatic heterocycles. The maximum Gasteiger partial charge on any atom is 0.248 e. The molecule has 6 nitrogen and oxygen atoms in total. The second kappa shape index (κ2) is 5.95. The lowest BCUT2D eigenvalue weighted by atomic mass is 10.2. The first-order chi connectivity index (χ1) is 10.1. The molecule has 1 unspecified atom stereocenters. The van der Waals surface area contributed by atoms with Crippen LogP contribution in [-0.4, -0.2) is 25.1 Å². The van der Waals surface area contributed by atoms with Gasteiger partial charge in [0.15, 0.2) is 0 Å². The molecule has 108 valence electrons. The monoisotopic (exact) mass is 367 g/mol. The van der Waals surface area contributed by atoms with Crippen molar-refractivity contribution >= 4 is 27.5 Å². The molecule has 2 heterocycles. The molecule has 0 aliphatic rings. The minimum atomic E-state index is -0.182. The van der Waals surface area contributed by atoms with Gasteiger partial charge in [-0.05, 0) is 19.1 Å². The molecule has 0 amide bonds. The Kier molecular flexibility index (Phi) is 4.03. The molecule has 0 N–H and O–H groups in total. The maximum absolute atomic E-state index is 5.95. The quantitative estimate of drug-likeness (QED) is 0.660.